The lowest BCUT2D eigenvalue weighted by Gasteiger charge is -2.26. The Labute approximate surface area is 135 Å². The van der Waals surface area contributed by atoms with Gasteiger partial charge in [-0.3, -0.25) is 4.90 Å². The minimum absolute atomic E-state index is 0.311. The average molecular weight is 310 g/mol. The highest BCUT2D eigenvalue weighted by molar-refractivity contribution is 5.67. The zero-order valence-electron chi connectivity index (χ0n) is 13.2. The summed E-state index contributed by atoms with van der Waals surface area (Å²) in [5.74, 6) is 7.55. The molecule has 6 heteroatoms. The van der Waals surface area contributed by atoms with Crippen LogP contribution in [0.25, 0.3) is 0 Å². The van der Waals surface area contributed by atoms with E-state index in [4.69, 9.17) is 4.74 Å². The Kier molecular flexibility index (Phi) is 4.29. The standard InChI is InChI=1S/C17H18N4O2/c1-3-23-17(22)20-9-10-21-15(18-19-16(21)12-20)8-7-14-6-4-5-13(2)11-14/h4-6,11H,3,9-10,12H2,1-2H3. The highest BCUT2D eigenvalue weighted by Crippen LogP contribution is 2.13. The minimum atomic E-state index is -0.311. The molecule has 1 aliphatic heterocycles. The molecule has 0 spiro atoms. The van der Waals surface area contributed by atoms with Crippen LogP contribution in [-0.4, -0.2) is 38.9 Å². The summed E-state index contributed by atoms with van der Waals surface area (Å²) in [4.78, 5) is 13.4. The van der Waals surface area contributed by atoms with Crippen LogP contribution in [0.5, 0.6) is 0 Å². The highest BCUT2D eigenvalue weighted by Gasteiger charge is 2.24. The number of carbonyl (C=O) groups excluding carboxylic acids is 1. The molecule has 0 radical (unpaired) electrons. The molecule has 2 heterocycles. The lowest BCUT2D eigenvalue weighted by Crippen LogP contribution is -2.39. The zero-order valence-corrected chi connectivity index (χ0v) is 13.2. The van der Waals surface area contributed by atoms with Crippen molar-refractivity contribution in [1.82, 2.24) is 19.7 Å². The van der Waals surface area contributed by atoms with Gasteiger partial charge in [-0.2, -0.15) is 0 Å². The van der Waals surface area contributed by atoms with Crippen molar-refractivity contribution in [3.05, 3.63) is 47.0 Å². The Hall–Kier alpha value is -2.81. The second kappa shape index (κ2) is 6.53. The smallest absolute Gasteiger partial charge is 0.410 e. The van der Waals surface area contributed by atoms with E-state index in [9.17, 15) is 4.79 Å². The summed E-state index contributed by atoms with van der Waals surface area (Å²) >= 11 is 0. The van der Waals surface area contributed by atoms with Gasteiger partial charge in [-0.25, -0.2) is 4.79 Å². The first-order valence-electron chi connectivity index (χ1n) is 7.60. The highest BCUT2D eigenvalue weighted by atomic mass is 16.6. The van der Waals surface area contributed by atoms with Crippen molar-refractivity contribution in [2.24, 2.45) is 0 Å². The van der Waals surface area contributed by atoms with Gasteiger partial charge in [0, 0.05) is 18.7 Å². The number of benzene rings is 1. The largest absolute Gasteiger partial charge is 0.450 e. The summed E-state index contributed by atoms with van der Waals surface area (Å²) in [6, 6.07) is 8.02. The van der Waals surface area contributed by atoms with Crippen LogP contribution in [0.1, 0.15) is 29.7 Å². The number of nitrogens with zero attached hydrogens (tertiary/aromatic N) is 4. The molecule has 1 aliphatic rings. The topological polar surface area (TPSA) is 60.2 Å². The van der Waals surface area contributed by atoms with Gasteiger partial charge in [0.25, 0.3) is 0 Å². The summed E-state index contributed by atoms with van der Waals surface area (Å²) in [5.41, 5.74) is 2.12. The number of aromatic nitrogens is 3. The van der Waals surface area contributed by atoms with Crippen LogP contribution in [0.4, 0.5) is 4.79 Å². The number of fused-ring (bicyclic) bond motifs is 1. The fourth-order valence-corrected chi connectivity index (χ4v) is 2.47. The molecule has 1 aromatic carbocycles. The van der Waals surface area contributed by atoms with E-state index in [1.54, 1.807) is 11.8 Å². The van der Waals surface area contributed by atoms with E-state index in [0.717, 1.165) is 11.4 Å². The van der Waals surface area contributed by atoms with Crippen LogP contribution in [0, 0.1) is 18.8 Å². The quantitative estimate of drug-likeness (QED) is 0.756. The predicted molar refractivity (Wildman–Crippen MR) is 84.6 cm³/mol. The first-order chi connectivity index (χ1) is 11.2. The zero-order chi connectivity index (χ0) is 16.2. The van der Waals surface area contributed by atoms with Gasteiger partial charge >= 0.3 is 6.09 Å². The summed E-state index contributed by atoms with van der Waals surface area (Å²) < 4.78 is 6.98. The van der Waals surface area contributed by atoms with Crippen molar-refractivity contribution in [3.63, 3.8) is 0 Å². The molecule has 0 saturated heterocycles. The van der Waals surface area contributed by atoms with Gasteiger partial charge in [0.2, 0.25) is 5.82 Å². The van der Waals surface area contributed by atoms with Crippen LogP contribution in [0.15, 0.2) is 24.3 Å². The number of hydrogen-bond acceptors (Lipinski definition) is 4. The number of hydrogen-bond donors (Lipinski definition) is 0. The van der Waals surface area contributed by atoms with Gasteiger partial charge in [-0.15, -0.1) is 10.2 Å². The van der Waals surface area contributed by atoms with Gasteiger partial charge in [0.05, 0.1) is 13.2 Å². The number of amides is 1. The second-order valence-corrected chi connectivity index (χ2v) is 5.33. The number of rotatable bonds is 1. The maximum absolute atomic E-state index is 11.8. The summed E-state index contributed by atoms with van der Waals surface area (Å²) in [6.07, 6.45) is -0.311. The monoisotopic (exact) mass is 310 g/mol. The normalized spacial score (nSPS) is 13.0. The molecule has 1 amide bonds. The van der Waals surface area contributed by atoms with Gasteiger partial charge < -0.3 is 9.30 Å². The molecule has 0 unspecified atom stereocenters. The molecule has 23 heavy (non-hydrogen) atoms. The van der Waals surface area contributed by atoms with E-state index < -0.39 is 0 Å². The summed E-state index contributed by atoms with van der Waals surface area (Å²) in [6.45, 7) is 5.80. The van der Waals surface area contributed by atoms with E-state index in [1.807, 2.05) is 35.8 Å². The van der Waals surface area contributed by atoms with Crippen LogP contribution in [-0.2, 0) is 17.8 Å². The molecule has 3 rings (SSSR count). The summed E-state index contributed by atoms with van der Waals surface area (Å²) in [7, 11) is 0. The molecule has 0 N–H and O–H groups in total. The van der Waals surface area contributed by atoms with Crippen LogP contribution < -0.4 is 0 Å². The third-order valence-electron chi connectivity index (χ3n) is 3.62. The van der Waals surface area contributed by atoms with Gasteiger partial charge in [-0.05, 0) is 37.5 Å². The minimum Gasteiger partial charge on any atom is -0.450 e. The Morgan fingerprint density at radius 3 is 2.96 bits per heavy atom. The molecule has 1 aromatic heterocycles. The van der Waals surface area contributed by atoms with Crippen molar-refractivity contribution in [3.8, 4) is 11.8 Å². The van der Waals surface area contributed by atoms with E-state index in [1.165, 1.54) is 5.56 Å². The Balaban J connectivity index is 1.78. The SMILES string of the molecule is CCOC(=O)N1CCn2c(C#Cc3cccc(C)c3)nnc2C1. The Morgan fingerprint density at radius 2 is 2.17 bits per heavy atom. The van der Waals surface area contributed by atoms with E-state index >= 15 is 0 Å². The molecule has 118 valence electrons. The van der Waals surface area contributed by atoms with Crippen molar-refractivity contribution in [2.75, 3.05) is 13.2 Å². The van der Waals surface area contributed by atoms with Gasteiger partial charge in [-0.1, -0.05) is 18.1 Å². The molecule has 2 aromatic rings. The first-order valence-corrected chi connectivity index (χ1v) is 7.60. The van der Waals surface area contributed by atoms with Crippen molar-refractivity contribution < 1.29 is 9.53 Å². The first kappa shape index (κ1) is 15.1. The average Bonchev–Trinajstić information content (AvgIpc) is 2.95. The molecular weight excluding hydrogens is 292 g/mol. The molecule has 6 nitrogen and oxygen atoms in total. The number of carbonyl (C=O) groups is 1. The molecule has 0 saturated carbocycles. The van der Waals surface area contributed by atoms with Crippen LogP contribution >= 0.6 is 0 Å². The van der Waals surface area contributed by atoms with Crippen LogP contribution in [0.3, 0.4) is 0 Å². The van der Waals surface area contributed by atoms with E-state index in [-0.39, 0.29) is 6.09 Å². The van der Waals surface area contributed by atoms with Gasteiger partial charge in [0.1, 0.15) is 0 Å². The lowest BCUT2D eigenvalue weighted by atomic mass is 10.1. The van der Waals surface area contributed by atoms with E-state index in [0.29, 0.717) is 32.1 Å². The predicted octanol–water partition coefficient (Wildman–Crippen LogP) is 1.96. The van der Waals surface area contributed by atoms with Crippen molar-refractivity contribution in [2.45, 2.75) is 26.9 Å². The third-order valence-corrected chi connectivity index (χ3v) is 3.62. The molecular formula is C17H18N4O2. The van der Waals surface area contributed by atoms with Crippen molar-refractivity contribution >= 4 is 6.09 Å². The second-order valence-electron chi connectivity index (χ2n) is 5.33. The fraction of sp³-hybridized carbons (Fsp3) is 0.353. The number of ether oxygens (including phenoxy) is 1. The van der Waals surface area contributed by atoms with Crippen molar-refractivity contribution in [1.29, 1.82) is 0 Å². The molecule has 0 atom stereocenters. The lowest BCUT2D eigenvalue weighted by molar-refractivity contribution is 0.0962. The fourth-order valence-electron chi connectivity index (χ4n) is 2.47. The Morgan fingerprint density at radius 1 is 1.30 bits per heavy atom. The third kappa shape index (κ3) is 3.34. The summed E-state index contributed by atoms with van der Waals surface area (Å²) in [5, 5.41) is 8.28. The molecule has 0 bridgehead atoms. The maximum atomic E-state index is 11.8. The molecule has 0 fully saturated rings. The van der Waals surface area contributed by atoms with E-state index in [2.05, 4.69) is 22.0 Å². The Bertz CT molecular complexity index is 785. The van der Waals surface area contributed by atoms with Crippen LogP contribution in [0.2, 0.25) is 0 Å². The maximum Gasteiger partial charge on any atom is 0.410 e. The van der Waals surface area contributed by atoms with Gasteiger partial charge in [0.15, 0.2) is 5.82 Å². The molecule has 0 aliphatic carbocycles. The number of aryl methyl sites for hydroxylation is 1.